The Morgan fingerprint density at radius 2 is 1.86 bits per heavy atom. The zero-order valence-corrected chi connectivity index (χ0v) is 16.2. The van der Waals surface area contributed by atoms with E-state index in [9.17, 15) is 4.79 Å². The molecule has 0 saturated carbocycles. The normalized spacial score (nSPS) is 11.0. The number of nitrogens with zero attached hydrogens (tertiary/aromatic N) is 2. The Morgan fingerprint density at radius 1 is 1.04 bits per heavy atom. The number of thioether (sulfide) groups is 1. The first-order valence-electron chi connectivity index (χ1n) is 9.20. The number of imidazole rings is 1. The number of fused-ring (bicyclic) bond motifs is 1. The molecule has 0 bridgehead atoms. The van der Waals surface area contributed by atoms with Crippen LogP contribution in [0.1, 0.15) is 11.3 Å². The Kier molecular flexibility index (Phi) is 5.77. The fourth-order valence-electron chi connectivity index (χ4n) is 3.05. The van der Waals surface area contributed by atoms with Gasteiger partial charge in [0, 0.05) is 6.54 Å². The lowest BCUT2D eigenvalue weighted by molar-refractivity contribution is -0.118. The largest absolute Gasteiger partial charge is 0.467 e. The van der Waals surface area contributed by atoms with Gasteiger partial charge in [-0.1, -0.05) is 54.2 Å². The zero-order chi connectivity index (χ0) is 19.2. The van der Waals surface area contributed by atoms with Crippen LogP contribution in [0.5, 0.6) is 0 Å². The SMILES string of the molecule is O=C(CSc1nc2ccccc2n1CCc1ccccc1)NCc1ccco1. The van der Waals surface area contributed by atoms with Crippen LogP contribution >= 0.6 is 11.8 Å². The van der Waals surface area contributed by atoms with Gasteiger partial charge >= 0.3 is 0 Å². The molecule has 2 heterocycles. The van der Waals surface area contributed by atoms with E-state index in [-0.39, 0.29) is 5.91 Å². The lowest BCUT2D eigenvalue weighted by atomic mass is 10.1. The van der Waals surface area contributed by atoms with Crippen LogP contribution in [0.3, 0.4) is 0 Å². The van der Waals surface area contributed by atoms with E-state index in [1.165, 1.54) is 17.3 Å². The third-order valence-electron chi connectivity index (χ3n) is 4.46. The number of hydrogen-bond donors (Lipinski definition) is 1. The molecule has 4 rings (SSSR count). The summed E-state index contributed by atoms with van der Waals surface area (Å²) >= 11 is 1.46. The Morgan fingerprint density at radius 3 is 2.68 bits per heavy atom. The van der Waals surface area contributed by atoms with Crippen molar-refractivity contribution in [1.29, 1.82) is 0 Å². The van der Waals surface area contributed by atoms with Crippen molar-refractivity contribution in [3.8, 4) is 0 Å². The molecule has 0 fully saturated rings. The molecule has 28 heavy (non-hydrogen) atoms. The fourth-order valence-corrected chi connectivity index (χ4v) is 3.92. The monoisotopic (exact) mass is 391 g/mol. The topological polar surface area (TPSA) is 60.1 Å². The molecule has 5 nitrogen and oxygen atoms in total. The van der Waals surface area contributed by atoms with Gasteiger partial charge in [-0.3, -0.25) is 4.79 Å². The van der Waals surface area contributed by atoms with E-state index in [0.29, 0.717) is 12.3 Å². The van der Waals surface area contributed by atoms with Gasteiger partial charge in [0.15, 0.2) is 5.16 Å². The van der Waals surface area contributed by atoms with Crippen molar-refractivity contribution in [3.63, 3.8) is 0 Å². The first-order chi connectivity index (χ1) is 13.8. The van der Waals surface area contributed by atoms with Gasteiger partial charge in [-0.05, 0) is 36.2 Å². The van der Waals surface area contributed by atoms with Crippen LogP contribution in [0.2, 0.25) is 0 Å². The predicted molar refractivity (Wildman–Crippen MR) is 111 cm³/mol. The molecule has 0 aliphatic rings. The van der Waals surface area contributed by atoms with Crippen molar-refractivity contribution in [2.45, 2.75) is 24.7 Å². The van der Waals surface area contributed by atoms with Gasteiger partial charge < -0.3 is 14.3 Å². The second kappa shape index (κ2) is 8.80. The number of furan rings is 1. The highest BCUT2D eigenvalue weighted by molar-refractivity contribution is 7.99. The summed E-state index contributed by atoms with van der Waals surface area (Å²) in [5.41, 5.74) is 3.33. The summed E-state index contributed by atoms with van der Waals surface area (Å²) < 4.78 is 7.44. The first kappa shape index (κ1) is 18.4. The third-order valence-corrected chi connectivity index (χ3v) is 5.44. The van der Waals surface area contributed by atoms with Crippen LogP contribution < -0.4 is 5.32 Å². The van der Waals surface area contributed by atoms with E-state index < -0.39 is 0 Å². The van der Waals surface area contributed by atoms with Gasteiger partial charge in [0.25, 0.3) is 0 Å². The number of nitrogens with one attached hydrogen (secondary N) is 1. The Bertz CT molecular complexity index is 1040. The highest BCUT2D eigenvalue weighted by Gasteiger charge is 2.13. The number of para-hydroxylation sites is 2. The van der Waals surface area contributed by atoms with Crippen molar-refractivity contribution in [1.82, 2.24) is 14.9 Å². The Balaban J connectivity index is 1.44. The molecule has 1 N–H and O–H groups in total. The number of carbonyl (C=O) groups is 1. The van der Waals surface area contributed by atoms with Crippen molar-refractivity contribution in [3.05, 3.63) is 84.3 Å². The average molecular weight is 391 g/mol. The van der Waals surface area contributed by atoms with E-state index in [1.54, 1.807) is 6.26 Å². The lowest BCUT2D eigenvalue weighted by Gasteiger charge is -2.09. The van der Waals surface area contributed by atoms with Gasteiger partial charge in [0.2, 0.25) is 5.91 Å². The summed E-state index contributed by atoms with van der Waals surface area (Å²) in [6.45, 7) is 1.22. The maximum atomic E-state index is 12.2. The molecule has 0 spiro atoms. The summed E-state index contributed by atoms with van der Waals surface area (Å²) in [5, 5.41) is 3.74. The van der Waals surface area contributed by atoms with Crippen molar-refractivity contribution in [2.24, 2.45) is 0 Å². The quantitative estimate of drug-likeness (QED) is 0.456. The summed E-state index contributed by atoms with van der Waals surface area (Å²) in [6.07, 6.45) is 2.52. The Labute approximate surface area is 167 Å². The zero-order valence-electron chi connectivity index (χ0n) is 15.4. The maximum Gasteiger partial charge on any atom is 0.230 e. The van der Waals surface area contributed by atoms with E-state index in [4.69, 9.17) is 9.40 Å². The summed E-state index contributed by atoms with van der Waals surface area (Å²) in [5.74, 6) is 1.02. The molecule has 0 saturated heterocycles. The van der Waals surface area contributed by atoms with E-state index in [2.05, 4.69) is 40.2 Å². The number of amides is 1. The molecular weight excluding hydrogens is 370 g/mol. The highest BCUT2D eigenvalue weighted by atomic mass is 32.2. The van der Waals surface area contributed by atoms with Crippen molar-refractivity contribution < 1.29 is 9.21 Å². The van der Waals surface area contributed by atoms with Crippen LogP contribution in [0.4, 0.5) is 0 Å². The minimum Gasteiger partial charge on any atom is -0.467 e. The minimum atomic E-state index is -0.0388. The molecule has 142 valence electrons. The van der Waals surface area contributed by atoms with Crippen LogP contribution in [0, 0.1) is 0 Å². The molecule has 2 aromatic heterocycles. The van der Waals surface area contributed by atoms with Crippen LogP contribution in [-0.2, 0) is 24.3 Å². The predicted octanol–water partition coefficient (Wildman–Crippen LogP) is 4.28. The molecule has 0 unspecified atom stereocenters. The summed E-state index contributed by atoms with van der Waals surface area (Å²) in [6, 6.07) is 22.2. The van der Waals surface area contributed by atoms with E-state index in [0.717, 1.165) is 34.9 Å². The van der Waals surface area contributed by atoms with Gasteiger partial charge in [0.1, 0.15) is 5.76 Å². The lowest BCUT2D eigenvalue weighted by Crippen LogP contribution is -2.24. The molecule has 0 aliphatic carbocycles. The third kappa shape index (κ3) is 4.46. The minimum absolute atomic E-state index is 0.0388. The number of aryl methyl sites for hydroxylation is 2. The molecule has 2 aromatic carbocycles. The van der Waals surface area contributed by atoms with Crippen LogP contribution in [0.15, 0.2) is 82.6 Å². The standard InChI is InChI=1S/C22H21N3O2S/c26-21(23-15-18-9-6-14-27-18)16-28-22-24-19-10-4-5-11-20(19)25(22)13-12-17-7-2-1-3-8-17/h1-11,14H,12-13,15-16H2,(H,23,26). The molecule has 4 aromatic rings. The van der Waals surface area contributed by atoms with Crippen LogP contribution in [0.25, 0.3) is 11.0 Å². The van der Waals surface area contributed by atoms with E-state index >= 15 is 0 Å². The molecule has 0 atom stereocenters. The molecule has 0 aliphatic heterocycles. The summed E-state index contributed by atoms with van der Waals surface area (Å²) in [7, 11) is 0. The average Bonchev–Trinajstić information content (AvgIpc) is 3.37. The van der Waals surface area contributed by atoms with Crippen molar-refractivity contribution in [2.75, 3.05) is 5.75 Å². The number of aromatic nitrogens is 2. The maximum absolute atomic E-state index is 12.2. The molecule has 1 amide bonds. The van der Waals surface area contributed by atoms with Gasteiger partial charge in [0.05, 0.1) is 29.6 Å². The fraction of sp³-hybridized carbons (Fsp3) is 0.182. The van der Waals surface area contributed by atoms with E-state index in [1.807, 2.05) is 36.4 Å². The molecular formula is C22H21N3O2S. The second-order valence-electron chi connectivity index (χ2n) is 6.42. The molecule has 6 heteroatoms. The number of benzene rings is 2. The van der Waals surface area contributed by atoms with Gasteiger partial charge in [-0.25, -0.2) is 4.98 Å². The number of carbonyl (C=O) groups excluding carboxylic acids is 1. The first-order valence-corrected chi connectivity index (χ1v) is 10.2. The highest BCUT2D eigenvalue weighted by Crippen LogP contribution is 2.24. The smallest absolute Gasteiger partial charge is 0.230 e. The van der Waals surface area contributed by atoms with Gasteiger partial charge in [-0.15, -0.1) is 0 Å². The number of rotatable bonds is 8. The van der Waals surface area contributed by atoms with Crippen LogP contribution in [-0.4, -0.2) is 21.2 Å². The molecule has 0 radical (unpaired) electrons. The second-order valence-corrected chi connectivity index (χ2v) is 7.36. The van der Waals surface area contributed by atoms with Gasteiger partial charge in [-0.2, -0.15) is 0 Å². The van der Waals surface area contributed by atoms with Crippen molar-refractivity contribution >= 4 is 28.7 Å². The Hall–Kier alpha value is -2.99. The number of hydrogen-bond acceptors (Lipinski definition) is 4. The summed E-state index contributed by atoms with van der Waals surface area (Å²) in [4.78, 5) is 16.9.